The maximum absolute atomic E-state index is 13.8. The third-order valence-corrected chi connectivity index (χ3v) is 4.46. The number of halogens is 2. The summed E-state index contributed by atoms with van der Waals surface area (Å²) in [6.07, 6.45) is 0. The molecule has 0 bridgehead atoms. The fourth-order valence-electron chi connectivity index (χ4n) is 2.97. The largest absolute Gasteiger partial charge is 1.00 e. The Labute approximate surface area is 193 Å². The molecule has 6 nitrogen and oxygen atoms in total. The van der Waals surface area contributed by atoms with Gasteiger partial charge in [-0.25, -0.2) is 8.78 Å². The fourth-order valence-corrected chi connectivity index (χ4v) is 2.97. The molecule has 0 unspecified atom stereocenters. The minimum absolute atomic E-state index is 0. The number of nitrogens with zero attached hydrogens (tertiary/aromatic N) is 4. The van der Waals surface area contributed by atoms with E-state index >= 15 is 0 Å². The van der Waals surface area contributed by atoms with Gasteiger partial charge in [-0.15, -0.1) is 0 Å². The molecule has 4 rings (SSSR count). The van der Waals surface area contributed by atoms with Gasteiger partial charge in [-0.3, -0.25) is 15.1 Å². The van der Waals surface area contributed by atoms with Gasteiger partial charge < -0.3 is 10.4 Å². The third kappa shape index (κ3) is 4.46. The van der Waals surface area contributed by atoms with Gasteiger partial charge >= 0.3 is 29.6 Å². The van der Waals surface area contributed by atoms with Gasteiger partial charge in [0.15, 0.2) is 0 Å². The molecule has 0 aliphatic heterocycles. The number of carbonyl (C=O) groups excluding carboxylic acids is 1. The van der Waals surface area contributed by atoms with Crippen molar-refractivity contribution in [2.24, 2.45) is 0 Å². The number of amides is 1. The molecule has 1 N–H and O–H groups in total. The first-order chi connectivity index (χ1) is 14.0. The van der Waals surface area contributed by atoms with Crippen LogP contribution in [0, 0.1) is 18.6 Å². The van der Waals surface area contributed by atoms with Crippen LogP contribution in [0.15, 0.2) is 60.7 Å². The predicted octanol–water partition coefficient (Wildman–Crippen LogP) is 1.01. The van der Waals surface area contributed by atoms with Crippen molar-refractivity contribution in [2.75, 3.05) is 5.32 Å². The summed E-state index contributed by atoms with van der Waals surface area (Å²) in [7, 11) is 0. The maximum Gasteiger partial charge on any atom is 1.00 e. The average Bonchev–Trinajstić information content (AvgIpc) is 3.24. The van der Waals surface area contributed by atoms with E-state index in [1.54, 1.807) is 12.1 Å². The Kier molecular flexibility index (Phi) is 6.71. The smallest absolute Gasteiger partial charge is 0.330 e. The van der Waals surface area contributed by atoms with Gasteiger partial charge in [0.2, 0.25) is 0 Å². The summed E-state index contributed by atoms with van der Waals surface area (Å²) in [5, 5.41) is 17.2. The normalized spacial score (nSPS) is 10.4. The Balaban J connectivity index is 0.00000256. The molecule has 144 valence electrons. The Hall–Kier alpha value is -2.94. The van der Waals surface area contributed by atoms with E-state index in [1.807, 2.05) is 37.3 Å². The van der Waals surface area contributed by atoms with E-state index in [1.165, 1.54) is 6.07 Å². The molecular formula is C21H14F2N5NaO. The molecular weight excluding hydrogens is 399 g/mol. The summed E-state index contributed by atoms with van der Waals surface area (Å²) in [5.74, 6) is -2.24. The van der Waals surface area contributed by atoms with Crippen LogP contribution >= 0.6 is 0 Å². The first kappa shape index (κ1) is 21.8. The second kappa shape index (κ2) is 9.25. The van der Waals surface area contributed by atoms with E-state index in [9.17, 15) is 13.6 Å². The van der Waals surface area contributed by atoms with Crippen molar-refractivity contribution in [2.45, 2.75) is 6.92 Å². The SMILES string of the molecule is Cc1ccc(-c2nnn[n-]2)cc1-c1ccc(NC(=O)c2c(F)cccc2F)cc1.[Na+]. The van der Waals surface area contributed by atoms with Crippen LogP contribution in [-0.4, -0.2) is 21.4 Å². The number of benzene rings is 3. The number of hydrogen-bond donors (Lipinski definition) is 1. The molecule has 1 heterocycles. The number of hydrogen-bond acceptors (Lipinski definition) is 4. The molecule has 1 amide bonds. The average molecular weight is 413 g/mol. The number of rotatable bonds is 4. The third-order valence-electron chi connectivity index (χ3n) is 4.46. The molecule has 0 fully saturated rings. The van der Waals surface area contributed by atoms with Gasteiger partial charge in [-0.1, -0.05) is 30.3 Å². The summed E-state index contributed by atoms with van der Waals surface area (Å²) in [5.41, 5.74) is 3.46. The van der Waals surface area contributed by atoms with Crippen molar-refractivity contribution in [1.82, 2.24) is 20.6 Å². The zero-order chi connectivity index (χ0) is 20.4. The topological polar surface area (TPSA) is 81.9 Å². The van der Waals surface area contributed by atoms with Gasteiger partial charge in [-0.05, 0) is 59.5 Å². The first-order valence-corrected chi connectivity index (χ1v) is 8.68. The van der Waals surface area contributed by atoms with Crippen LogP contribution in [0.2, 0.25) is 0 Å². The second-order valence-electron chi connectivity index (χ2n) is 6.36. The molecule has 1 aromatic heterocycles. The zero-order valence-corrected chi connectivity index (χ0v) is 18.2. The quantitative estimate of drug-likeness (QED) is 0.505. The van der Waals surface area contributed by atoms with Crippen molar-refractivity contribution in [3.8, 4) is 22.5 Å². The number of tetrazole rings is 1. The van der Waals surface area contributed by atoms with Crippen molar-refractivity contribution in [1.29, 1.82) is 0 Å². The van der Waals surface area contributed by atoms with Gasteiger partial charge in [0.1, 0.15) is 17.2 Å². The molecule has 0 saturated carbocycles. The second-order valence-corrected chi connectivity index (χ2v) is 6.36. The minimum atomic E-state index is -0.912. The molecule has 0 aliphatic carbocycles. The van der Waals surface area contributed by atoms with Crippen LogP contribution in [0.25, 0.3) is 22.5 Å². The molecule has 3 aromatic carbocycles. The Morgan fingerprint density at radius 2 is 1.63 bits per heavy atom. The number of nitrogens with one attached hydrogen (secondary N) is 1. The number of aryl methyl sites for hydroxylation is 1. The molecule has 9 heteroatoms. The Bertz CT molecular complexity index is 1160. The monoisotopic (exact) mass is 413 g/mol. The molecule has 4 aromatic rings. The summed E-state index contributed by atoms with van der Waals surface area (Å²) in [4.78, 5) is 12.2. The number of carbonyl (C=O) groups is 1. The molecule has 30 heavy (non-hydrogen) atoms. The number of anilines is 1. The van der Waals surface area contributed by atoms with Gasteiger partial charge in [-0.2, -0.15) is 5.21 Å². The van der Waals surface area contributed by atoms with E-state index in [4.69, 9.17) is 0 Å². The van der Waals surface area contributed by atoms with Crippen LogP contribution in [0.3, 0.4) is 0 Å². The van der Waals surface area contributed by atoms with Gasteiger partial charge in [0, 0.05) is 11.5 Å². The Morgan fingerprint density at radius 3 is 2.27 bits per heavy atom. The molecule has 0 saturated heterocycles. The molecule has 0 aliphatic rings. The van der Waals surface area contributed by atoms with Crippen molar-refractivity contribution >= 4 is 11.6 Å². The summed E-state index contributed by atoms with van der Waals surface area (Å²) >= 11 is 0. The van der Waals surface area contributed by atoms with Crippen LogP contribution in [0.4, 0.5) is 14.5 Å². The minimum Gasteiger partial charge on any atom is -0.330 e. The van der Waals surface area contributed by atoms with Crippen molar-refractivity contribution in [3.05, 3.63) is 83.4 Å². The first-order valence-electron chi connectivity index (χ1n) is 8.68. The fraction of sp³-hybridized carbons (Fsp3) is 0.0476. The van der Waals surface area contributed by atoms with E-state index in [0.29, 0.717) is 11.5 Å². The van der Waals surface area contributed by atoms with Gasteiger partial charge in [0.25, 0.3) is 5.91 Å². The van der Waals surface area contributed by atoms with Crippen LogP contribution in [-0.2, 0) is 0 Å². The van der Waals surface area contributed by atoms with E-state index in [2.05, 4.69) is 25.9 Å². The summed E-state index contributed by atoms with van der Waals surface area (Å²) in [6, 6.07) is 16.0. The molecule has 0 atom stereocenters. The van der Waals surface area contributed by atoms with E-state index in [0.717, 1.165) is 34.4 Å². The predicted molar refractivity (Wildman–Crippen MR) is 103 cm³/mol. The van der Waals surface area contributed by atoms with Crippen molar-refractivity contribution in [3.63, 3.8) is 0 Å². The van der Waals surface area contributed by atoms with Crippen molar-refractivity contribution < 1.29 is 43.1 Å². The van der Waals surface area contributed by atoms with Gasteiger partial charge in [0.05, 0.1) is 0 Å². The zero-order valence-electron chi connectivity index (χ0n) is 16.2. The van der Waals surface area contributed by atoms with E-state index < -0.39 is 23.1 Å². The maximum atomic E-state index is 13.8. The Morgan fingerprint density at radius 1 is 0.967 bits per heavy atom. The van der Waals surface area contributed by atoms with Crippen LogP contribution < -0.4 is 40.0 Å². The molecule has 0 spiro atoms. The van der Waals surface area contributed by atoms with E-state index in [-0.39, 0.29) is 29.6 Å². The van der Waals surface area contributed by atoms with Crippen LogP contribution in [0.1, 0.15) is 15.9 Å². The standard InChI is InChI=1S/C21H15F2N5O.Na/c1-12-5-6-14(20-25-27-28-26-20)11-16(12)13-7-9-15(10-8-13)24-21(29)19-17(22)3-2-4-18(19)23;/h2-11H,1H3,(H2,24,25,26,27,28,29);/q;+1/p-1. The number of aromatic nitrogens is 4. The van der Waals surface area contributed by atoms with Crippen LogP contribution in [0.5, 0.6) is 0 Å². The molecule has 0 radical (unpaired) electrons. The summed E-state index contributed by atoms with van der Waals surface area (Å²) in [6.45, 7) is 1.97. The summed E-state index contributed by atoms with van der Waals surface area (Å²) < 4.78 is 27.5.